The number of benzene rings is 1. The Bertz CT molecular complexity index is 1200. The molecule has 2 amide bonds. The maximum atomic E-state index is 14.5. The van der Waals surface area contributed by atoms with Crippen LogP contribution in [0.1, 0.15) is 44.6 Å². The van der Waals surface area contributed by atoms with E-state index in [4.69, 9.17) is 0 Å². The first-order valence-corrected chi connectivity index (χ1v) is 11.4. The molecule has 1 aliphatic rings. The zero-order chi connectivity index (χ0) is 24.4. The van der Waals surface area contributed by atoms with Gasteiger partial charge in [-0.25, -0.2) is 4.39 Å². The normalized spacial score (nSPS) is 16.5. The summed E-state index contributed by atoms with van der Waals surface area (Å²) in [7, 11) is 1.87. The van der Waals surface area contributed by atoms with E-state index in [-0.39, 0.29) is 17.9 Å². The summed E-state index contributed by atoms with van der Waals surface area (Å²) < 4.78 is 16.3. The van der Waals surface area contributed by atoms with E-state index >= 15 is 0 Å². The van der Waals surface area contributed by atoms with Crippen molar-refractivity contribution in [2.24, 2.45) is 7.05 Å². The smallest absolute Gasteiger partial charge is 0.270 e. The SMILES string of the molecule is Cc1ccc(C(=O)Nc2cc(F)cc(CN3CCN(C(=O)c4cccn4C)C(C)C3)c2C)cn1. The minimum atomic E-state index is -0.400. The Morgan fingerprint density at radius 1 is 1.18 bits per heavy atom. The van der Waals surface area contributed by atoms with Gasteiger partial charge in [-0.3, -0.25) is 19.5 Å². The van der Waals surface area contributed by atoms with Crippen molar-refractivity contribution in [3.05, 3.63) is 82.7 Å². The van der Waals surface area contributed by atoms with E-state index in [9.17, 15) is 14.0 Å². The van der Waals surface area contributed by atoms with Gasteiger partial charge < -0.3 is 14.8 Å². The van der Waals surface area contributed by atoms with Gasteiger partial charge in [0.1, 0.15) is 11.5 Å². The minimum Gasteiger partial charge on any atom is -0.347 e. The fourth-order valence-electron chi connectivity index (χ4n) is 4.38. The summed E-state index contributed by atoms with van der Waals surface area (Å²) in [5, 5.41) is 2.82. The van der Waals surface area contributed by atoms with Crippen molar-refractivity contribution < 1.29 is 14.0 Å². The van der Waals surface area contributed by atoms with E-state index < -0.39 is 5.82 Å². The van der Waals surface area contributed by atoms with Gasteiger partial charge >= 0.3 is 0 Å². The summed E-state index contributed by atoms with van der Waals surface area (Å²) in [6, 6.07) is 10.1. The second kappa shape index (κ2) is 9.77. The van der Waals surface area contributed by atoms with Crippen LogP contribution in [0, 0.1) is 19.7 Å². The zero-order valence-electron chi connectivity index (χ0n) is 20.0. The van der Waals surface area contributed by atoms with Crippen molar-refractivity contribution in [3.8, 4) is 0 Å². The molecule has 3 heterocycles. The fourth-order valence-corrected chi connectivity index (χ4v) is 4.38. The third kappa shape index (κ3) is 5.02. The number of amides is 2. The lowest BCUT2D eigenvalue weighted by atomic mass is 10.0. The van der Waals surface area contributed by atoms with E-state index in [1.807, 2.05) is 55.6 Å². The standard InChI is InChI=1S/C26H30FN5O2/c1-17-7-8-20(14-28-17)25(33)29-23-13-22(27)12-21(19(23)3)16-31-10-11-32(18(2)15-31)26(34)24-6-5-9-30(24)4/h5-9,12-14,18H,10-11,15-16H2,1-4H3,(H,29,33). The fraction of sp³-hybridized carbons (Fsp3) is 0.346. The Hall–Kier alpha value is -3.52. The van der Waals surface area contributed by atoms with Crippen LogP contribution in [0.4, 0.5) is 10.1 Å². The predicted molar refractivity (Wildman–Crippen MR) is 129 cm³/mol. The molecule has 4 rings (SSSR count). The number of carbonyl (C=O) groups is 2. The van der Waals surface area contributed by atoms with Crippen molar-refractivity contribution in [3.63, 3.8) is 0 Å². The number of halogens is 1. The molecule has 34 heavy (non-hydrogen) atoms. The molecule has 1 aromatic carbocycles. The highest BCUT2D eigenvalue weighted by Gasteiger charge is 2.29. The van der Waals surface area contributed by atoms with Crippen LogP contribution in [0.25, 0.3) is 0 Å². The Kier molecular flexibility index (Phi) is 6.79. The molecule has 0 bridgehead atoms. The quantitative estimate of drug-likeness (QED) is 0.625. The molecule has 7 nitrogen and oxygen atoms in total. The molecule has 1 saturated heterocycles. The highest BCUT2D eigenvalue weighted by molar-refractivity contribution is 6.04. The van der Waals surface area contributed by atoms with E-state index in [1.165, 1.54) is 18.3 Å². The molecule has 0 radical (unpaired) electrons. The molecule has 0 saturated carbocycles. The van der Waals surface area contributed by atoms with Crippen molar-refractivity contribution in [1.82, 2.24) is 19.4 Å². The van der Waals surface area contributed by atoms with Gasteiger partial charge in [0.05, 0.1) is 5.56 Å². The first kappa shape index (κ1) is 23.6. The number of pyridine rings is 1. The number of hydrogen-bond acceptors (Lipinski definition) is 4. The predicted octanol–water partition coefficient (Wildman–Crippen LogP) is 3.77. The second-order valence-corrected chi connectivity index (χ2v) is 8.97. The molecule has 0 aliphatic carbocycles. The third-order valence-corrected chi connectivity index (χ3v) is 6.43. The lowest BCUT2D eigenvalue weighted by Gasteiger charge is -2.40. The summed E-state index contributed by atoms with van der Waals surface area (Å²) >= 11 is 0. The molecule has 3 aromatic rings. The van der Waals surface area contributed by atoms with Crippen LogP contribution in [0.15, 0.2) is 48.8 Å². The molecule has 1 aliphatic heterocycles. The van der Waals surface area contributed by atoms with Gasteiger partial charge in [0.25, 0.3) is 11.8 Å². The first-order chi connectivity index (χ1) is 16.2. The summed E-state index contributed by atoms with van der Waals surface area (Å²) in [6.07, 6.45) is 3.38. The Balaban J connectivity index is 1.44. The summed E-state index contributed by atoms with van der Waals surface area (Å²) in [5.41, 5.74) is 4.00. The number of aromatic nitrogens is 2. The zero-order valence-corrected chi connectivity index (χ0v) is 20.0. The van der Waals surface area contributed by atoms with Crippen LogP contribution in [0.2, 0.25) is 0 Å². The molecule has 2 aromatic heterocycles. The van der Waals surface area contributed by atoms with Crippen molar-refractivity contribution in [1.29, 1.82) is 0 Å². The van der Waals surface area contributed by atoms with Crippen LogP contribution < -0.4 is 5.32 Å². The maximum absolute atomic E-state index is 14.5. The highest BCUT2D eigenvalue weighted by atomic mass is 19.1. The number of piperazine rings is 1. The monoisotopic (exact) mass is 463 g/mol. The molecule has 1 N–H and O–H groups in total. The van der Waals surface area contributed by atoms with Crippen molar-refractivity contribution >= 4 is 17.5 Å². The molecule has 8 heteroatoms. The van der Waals surface area contributed by atoms with Gasteiger partial charge in [0.2, 0.25) is 0 Å². The molecular weight excluding hydrogens is 433 g/mol. The van der Waals surface area contributed by atoms with E-state index in [2.05, 4.69) is 15.2 Å². The summed E-state index contributed by atoms with van der Waals surface area (Å²) in [5.74, 6) is -0.700. The Morgan fingerprint density at radius 3 is 2.62 bits per heavy atom. The van der Waals surface area contributed by atoms with Gasteiger partial charge in [-0.2, -0.15) is 0 Å². The van der Waals surface area contributed by atoms with Gasteiger partial charge in [-0.05, 0) is 68.3 Å². The number of anilines is 1. The molecular formula is C26H30FN5O2. The number of aryl methyl sites for hydroxylation is 2. The molecule has 0 spiro atoms. The van der Waals surface area contributed by atoms with E-state index in [1.54, 1.807) is 12.1 Å². The number of nitrogens with one attached hydrogen (secondary N) is 1. The van der Waals surface area contributed by atoms with Gasteiger partial charge in [0.15, 0.2) is 0 Å². The number of nitrogens with zero attached hydrogens (tertiary/aromatic N) is 4. The van der Waals surface area contributed by atoms with Crippen LogP contribution in [-0.4, -0.2) is 56.8 Å². The van der Waals surface area contributed by atoms with Crippen LogP contribution in [-0.2, 0) is 13.6 Å². The molecule has 178 valence electrons. The maximum Gasteiger partial charge on any atom is 0.270 e. The molecule has 1 atom stereocenters. The van der Waals surface area contributed by atoms with Crippen molar-refractivity contribution in [2.45, 2.75) is 33.4 Å². The number of carbonyl (C=O) groups excluding carboxylic acids is 2. The van der Waals surface area contributed by atoms with Crippen LogP contribution in [0.5, 0.6) is 0 Å². The molecule has 1 unspecified atom stereocenters. The third-order valence-electron chi connectivity index (χ3n) is 6.43. The lowest BCUT2D eigenvalue weighted by Crippen LogP contribution is -2.53. The van der Waals surface area contributed by atoms with Crippen LogP contribution in [0.3, 0.4) is 0 Å². The molecule has 1 fully saturated rings. The van der Waals surface area contributed by atoms with Crippen LogP contribution >= 0.6 is 0 Å². The topological polar surface area (TPSA) is 70.5 Å². The number of hydrogen-bond donors (Lipinski definition) is 1. The highest BCUT2D eigenvalue weighted by Crippen LogP contribution is 2.25. The lowest BCUT2D eigenvalue weighted by molar-refractivity contribution is 0.0466. The Labute approximate surface area is 199 Å². The largest absolute Gasteiger partial charge is 0.347 e. The van der Waals surface area contributed by atoms with Crippen molar-refractivity contribution in [2.75, 3.05) is 25.0 Å². The summed E-state index contributed by atoms with van der Waals surface area (Å²) in [6.45, 7) is 8.28. The Morgan fingerprint density at radius 2 is 1.97 bits per heavy atom. The van der Waals surface area contributed by atoms with Gasteiger partial charge in [0, 0.05) is 63.0 Å². The minimum absolute atomic E-state index is 0.0252. The number of rotatable bonds is 5. The average molecular weight is 464 g/mol. The summed E-state index contributed by atoms with van der Waals surface area (Å²) in [4.78, 5) is 33.8. The van der Waals surface area contributed by atoms with Gasteiger partial charge in [-0.15, -0.1) is 0 Å². The van der Waals surface area contributed by atoms with E-state index in [0.29, 0.717) is 43.1 Å². The first-order valence-electron chi connectivity index (χ1n) is 11.4. The van der Waals surface area contributed by atoms with Gasteiger partial charge in [-0.1, -0.05) is 0 Å². The van der Waals surface area contributed by atoms with E-state index in [0.717, 1.165) is 16.8 Å². The second-order valence-electron chi connectivity index (χ2n) is 8.97. The average Bonchev–Trinajstić information content (AvgIpc) is 3.23.